The number of pyridine rings is 1. The molecular formula is C23H24N4O2. The highest BCUT2D eigenvalue weighted by molar-refractivity contribution is 5.93. The minimum Gasteiger partial charge on any atom is -0.455 e. The van der Waals surface area contributed by atoms with Gasteiger partial charge in [-0.25, -0.2) is 0 Å². The molecule has 0 unspecified atom stereocenters. The summed E-state index contributed by atoms with van der Waals surface area (Å²) in [6, 6.07) is 21.0. The summed E-state index contributed by atoms with van der Waals surface area (Å²) in [5.41, 5.74) is 2.06. The zero-order valence-corrected chi connectivity index (χ0v) is 16.4. The van der Waals surface area contributed by atoms with Gasteiger partial charge in [0.25, 0.3) is 5.91 Å². The van der Waals surface area contributed by atoms with Crippen LogP contribution in [0.25, 0.3) is 0 Å². The van der Waals surface area contributed by atoms with Crippen molar-refractivity contribution in [1.82, 2.24) is 14.8 Å². The van der Waals surface area contributed by atoms with Crippen LogP contribution >= 0.6 is 0 Å². The number of piperazine rings is 1. The topological polar surface area (TPSA) is 57.7 Å². The first-order valence-corrected chi connectivity index (χ1v) is 9.72. The maximum atomic E-state index is 12.8. The van der Waals surface area contributed by atoms with E-state index in [2.05, 4.69) is 22.2 Å². The van der Waals surface area contributed by atoms with Crippen molar-refractivity contribution in [1.29, 1.82) is 0 Å². The van der Waals surface area contributed by atoms with Gasteiger partial charge in [-0.3, -0.25) is 9.78 Å². The molecule has 0 atom stereocenters. The van der Waals surface area contributed by atoms with Crippen LogP contribution in [0, 0.1) is 0 Å². The second kappa shape index (κ2) is 8.75. The summed E-state index contributed by atoms with van der Waals surface area (Å²) in [4.78, 5) is 21.2. The molecule has 1 aromatic heterocycles. The predicted octanol–water partition coefficient (Wildman–Crippen LogP) is 4.01. The largest absolute Gasteiger partial charge is 0.455 e. The Morgan fingerprint density at radius 3 is 2.48 bits per heavy atom. The van der Waals surface area contributed by atoms with Crippen LogP contribution in [0.5, 0.6) is 11.5 Å². The van der Waals surface area contributed by atoms with Gasteiger partial charge in [-0.2, -0.15) is 0 Å². The molecule has 0 radical (unpaired) electrons. The lowest BCUT2D eigenvalue weighted by Crippen LogP contribution is -2.47. The fraction of sp³-hybridized carbons (Fsp3) is 0.217. The summed E-state index contributed by atoms with van der Waals surface area (Å²) >= 11 is 0. The van der Waals surface area contributed by atoms with Crippen LogP contribution in [0.15, 0.2) is 72.9 Å². The lowest BCUT2D eigenvalue weighted by molar-refractivity contribution is 0.0658. The molecule has 0 saturated carbocycles. The molecule has 2 heterocycles. The lowest BCUT2D eigenvalue weighted by Gasteiger charge is -2.32. The summed E-state index contributed by atoms with van der Waals surface area (Å²) in [7, 11) is 2.07. The molecule has 1 N–H and O–H groups in total. The third-order valence-corrected chi connectivity index (χ3v) is 4.91. The van der Waals surface area contributed by atoms with Crippen molar-refractivity contribution >= 4 is 17.3 Å². The van der Waals surface area contributed by atoms with Crippen molar-refractivity contribution in [2.75, 3.05) is 38.5 Å². The second-order valence-electron chi connectivity index (χ2n) is 7.06. The Bertz CT molecular complexity index is 969. The molecule has 1 saturated heterocycles. The van der Waals surface area contributed by atoms with Crippen molar-refractivity contribution in [2.24, 2.45) is 0 Å². The third-order valence-electron chi connectivity index (χ3n) is 4.91. The quantitative estimate of drug-likeness (QED) is 0.716. The number of benzene rings is 2. The number of para-hydroxylation sites is 3. The molecule has 1 aliphatic rings. The van der Waals surface area contributed by atoms with E-state index >= 15 is 0 Å². The Balaban J connectivity index is 1.51. The van der Waals surface area contributed by atoms with E-state index in [4.69, 9.17) is 4.74 Å². The van der Waals surface area contributed by atoms with E-state index in [0.717, 1.165) is 43.3 Å². The fourth-order valence-corrected chi connectivity index (χ4v) is 3.23. The molecular weight excluding hydrogens is 364 g/mol. The van der Waals surface area contributed by atoms with Crippen molar-refractivity contribution in [2.45, 2.75) is 0 Å². The van der Waals surface area contributed by atoms with Gasteiger partial charge in [0.2, 0.25) is 0 Å². The van der Waals surface area contributed by atoms with Crippen molar-refractivity contribution in [3.05, 3.63) is 78.6 Å². The molecule has 1 fully saturated rings. The van der Waals surface area contributed by atoms with Gasteiger partial charge in [-0.1, -0.05) is 30.3 Å². The Hall–Kier alpha value is -3.38. The van der Waals surface area contributed by atoms with Gasteiger partial charge in [-0.05, 0) is 43.4 Å². The molecule has 4 rings (SSSR count). The molecule has 6 nitrogen and oxygen atoms in total. The third kappa shape index (κ3) is 4.73. The van der Waals surface area contributed by atoms with E-state index in [1.807, 2.05) is 65.6 Å². The van der Waals surface area contributed by atoms with Crippen LogP contribution in [0.2, 0.25) is 0 Å². The number of ether oxygens (including phenoxy) is 1. The number of rotatable bonds is 5. The molecule has 0 aliphatic carbocycles. The number of hydrogen-bond acceptors (Lipinski definition) is 5. The minimum atomic E-state index is -0.0319. The average Bonchev–Trinajstić information content (AvgIpc) is 2.76. The van der Waals surface area contributed by atoms with E-state index < -0.39 is 0 Å². The maximum absolute atomic E-state index is 12.8. The molecule has 29 heavy (non-hydrogen) atoms. The molecule has 1 amide bonds. The van der Waals surface area contributed by atoms with Crippen molar-refractivity contribution < 1.29 is 9.53 Å². The molecule has 1 aliphatic heterocycles. The predicted molar refractivity (Wildman–Crippen MR) is 114 cm³/mol. The van der Waals surface area contributed by atoms with Crippen LogP contribution in [-0.2, 0) is 0 Å². The van der Waals surface area contributed by atoms with Crippen LogP contribution in [0.4, 0.5) is 11.4 Å². The first-order chi connectivity index (χ1) is 14.2. The highest BCUT2D eigenvalue weighted by Crippen LogP contribution is 2.31. The molecule has 0 bridgehead atoms. The highest BCUT2D eigenvalue weighted by Gasteiger charge is 2.21. The number of anilines is 2. The van der Waals surface area contributed by atoms with Gasteiger partial charge < -0.3 is 19.9 Å². The molecule has 6 heteroatoms. The first-order valence-electron chi connectivity index (χ1n) is 9.72. The Morgan fingerprint density at radius 2 is 1.69 bits per heavy atom. The number of carbonyl (C=O) groups is 1. The van der Waals surface area contributed by atoms with Gasteiger partial charge in [0.1, 0.15) is 11.4 Å². The summed E-state index contributed by atoms with van der Waals surface area (Å²) in [5, 5.41) is 3.35. The summed E-state index contributed by atoms with van der Waals surface area (Å²) in [6.07, 6.45) is 1.66. The van der Waals surface area contributed by atoms with E-state index in [9.17, 15) is 4.79 Å². The van der Waals surface area contributed by atoms with Crippen LogP contribution in [-0.4, -0.2) is 53.9 Å². The molecule has 148 valence electrons. The molecule has 3 aromatic rings. The highest BCUT2D eigenvalue weighted by atomic mass is 16.5. The van der Waals surface area contributed by atoms with E-state index in [0.29, 0.717) is 11.4 Å². The Kier molecular flexibility index (Phi) is 5.72. The number of nitrogens with one attached hydrogen (secondary N) is 1. The number of carbonyl (C=O) groups excluding carboxylic acids is 1. The van der Waals surface area contributed by atoms with Crippen molar-refractivity contribution in [3.8, 4) is 11.5 Å². The SMILES string of the molecule is CN1CCN(C(=O)c2cc(Nc3ccccc3Oc3ccccc3)ccn2)CC1. The van der Waals surface area contributed by atoms with Gasteiger partial charge in [0.15, 0.2) is 5.75 Å². The first kappa shape index (κ1) is 19.0. The number of amides is 1. The zero-order chi connectivity index (χ0) is 20.1. The molecule has 0 spiro atoms. The standard InChI is InChI=1S/C23H24N4O2/c1-26-13-15-27(16-14-26)23(28)21-17-18(11-12-24-21)25-20-9-5-6-10-22(20)29-19-7-3-2-4-8-19/h2-12,17H,13-16H2,1H3,(H,24,25). The number of aromatic nitrogens is 1. The van der Waals surface area contributed by atoms with Crippen LogP contribution < -0.4 is 10.1 Å². The van der Waals surface area contributed by atoms with E-state index in [1.54, 1.807) is 12.3 Å². The fourth-order valence-electron chi connectivity index (χ4n) is 3.23. The monoisotopic (exact) mass is 388 g/mol. The summed E-state index contributed by atoms with van der Waals surface area (Å²) in [5.74, 6) is 1.44. The zero-order valence-electron chi connectivity index (χ0n) is 16.4. The van der Waals surface area contributed by atoms with Gasteiger partial charge in [-0.15, -0.1) is 0 Å². The van der Waals surface area contributed by atoms with E-state index in [-0.39, 0.29) is 5.91 Å². The average molecular weight is 388 g/mol. The minimum absolute atomic E-state index is 0.0319. The Morgan fingerprint density at radius 1 is 0.966 bits per heavy atom. The number of nitrogens with zero attached hydrogens (tertiary/aromatic N) is 3. The maximum Gasteiger partial charge on any atom is 0.272 e. The van der Waals surface area contributed by atoms with Gasteiger partial charge >= 0.3 is 0 Å². The second-order valence-corrected chi connectivity index (χ2v) is 7.06. The lowest BCUT2D eigenvalue weighted by atomic mass is 10.2. The number of likely N-dealkylation sites (N-methyl/N-ethyl adjacent to an activating group) is 1. The normalized spacial score (nSPS) is 14.4. The Labute approximate surface area is 170 Å². The van der Waals surface area contributed by atoms with E-state index in [1.165, 1.54) is 0 Å². The summed E-state index contributed by atoms with van der Waals surface area (Å²) in [6.45, 7) is 3.21. The van der Waals surface area contributed by atoms with Crippen LogP contribution in [0.1, 0.15) is 10.5 Å². The van der Waals surface area contributed by atoms with Gasteiger partial charge in [0.05, 0.1) is 5.69 Å². The molecule has 2 aromatic carbocycles. The summed E-state index contributed by atoms with van der Waals surface area (Å²) < 4.78 is 6.01. The smallest absolute Gasteiger partial charge is 0.272 e. The van der Waals surface area contributed by atoms with Crippen LogP contribution in [0.3, 0.4) is 0 Å². The van der Waals surface area contributed by atoms with Gasteiger partial charge in [0, 0.05) is 38.1 Å². The number of hydrogen-bond donors (Lipinski definition) is 1. The van der Waals surface area contributed by atoms with Crippen molar-refractivity contribution in [3.63, 3.8) is 0 Å².